The van der Waals surface area contributed by atoms with Crippen molar-refractivity contribution in [2.24, 2.45) is 0 Å². The molecule has 1 fully saturated rings. The molecule has 0 N–H and O–H groups in total. The molecule has 1 saturated heterocycles. The van der Waals surface area contributed by atoms with Gasteiger partial charge in [0.25, 0.3) is 12.2 Å². The van der Waals surface area contributed by atoms with Crippen LogP contribution in [0, 0.1) is 0 Å². The summed E-state index contributed by atoms with van der Waals surface area (Å²) >= 11 is 0. The molecular formula is C20H21F2N5O. The van der Waals surface area contributed by atoms with E-state index in [9.17, 15) is 13.6 Å². The lowest BCUT2D eigenvalue weighted by molar-refractivity contribution is -0.132. The quantitative estimate of drug-likeness (QED) is 0.675. The Bertz CT molecular complexity index is 960. The van der Waals surface area contributed by atoms with Crippen LogP contribution in [0.4, 0.5) is 8.78 Å². The van der Waals surface area contributed by atoms with Crippen molar-refractivity contribution in [2.75, 3.05) is 13.1 Å². The number of carbonyl (C=O) groups is 1. The second-order valence-electron chi connectivity index (χ2n) is 7.04. The molecule has 1 atom stereocenters. The number of aryl methyl sites for hydroxylation is 1. The molecule has 2 aromatic heterocycles. The first kappa shape index (κ1) is 18.5. The van der Waals surface area contributed by atoms with Crippen LogP contribution in [0.1, 0.15) is 48.6 Å². The van der Waals surface area contributed by atoms with Crippen molar-refractivity contribution < 1.29 is 13.6 Å². The molecule has 3 aromatic rings. The van der Waals surface area contributed by atoms with Gasteiger partial charge in [-0.15, -0.1) is 0 Å². The number of hydrogen-bond acceptors (Lipinski definition) is 4. The first-order chi connectivity index (χ1) is 13.6. The zero-order chi connectivity index (χ0) is 19.5. The summed E-state index contributed by atoms with van der Waals surface area (Å²) in [5.41, 5.74) is 1.46. The zero-order valence-corrected chi connectivity index (χ0v) is 15.3. The molecule has 146 valence electrons. The molecule has 1 aliphatic heterocycles. The molecule has 1 amide bonds. The maximum atomic E-state index is 13.4. The highest BCUT2D eigenvalue weighted by Gasteiger charge is 2.27. The molecule has 28 heavy (non-hydrogen) atoms. The van der Waals surface area contributed by atoms with Gasteiger partial charge in [0.2, 0.25) is 5.91 Å². The van der Waals surface area contributed by atoms with Gasteiger partial charge in [0.1, 0.15) is 12.0 Å². The molecular weight excluding hydrogens is 364 g/mol. The molecule has 6 nitrogen and oxygen atoms in total. The molecule has 0 bridgehead atoms. The Morgan fingerprint density at radius 1 is 1.25 bits per heavy atom. The molecule has 1 aliphatic rings. The minimum absolute atomic E-state index is 0.0753. The monoisotopic (exact) mass is 385 g/mol. The summed E-state index contributed by atoms with van der Waals surface area (Å²) in [6.07, 6.45) is 1.32. The largest absolute Gasteiger partial charge is 0.342 e. The Kier molecular flexibility index (Phi) is 5.27. The second kappa shape index (κ2) is 8.00. The Morgan fingerprint density at radius 2 is 2.07 bits per heavy atom. The van der Waals surface area contributed by atoms with E-state index in [4.69, 9.17) is 0 Å². The number of piperidine rings is 1. The van der Waals surface area contributed by atoms with Crippen LogP contribution < -0.4 is 0 Å². The van der Waals surface area contributed by atoms with Crippen molar-refractivity contribution in [3.63, 3.8) is 0 Å². The van der Waals surface area contributed by atoms with Gasteiger partial charge in [-0.1, -0.05) is 30.3 Å². The summed E-state index contributed by atoms with van der Waals surface area (Å²) in [5, 5.41) is 3.82. The fourth-order valence-electron chi connectivity index (χ4n) is 3.72. The van der Waals surface area contributed by atoms with Crippen molar-refractivity contribution in [1.82, 2.24) is 24.5 Å². The third kappa shape index (κ3) is 3.85. The Morgan fingerprint density at radius 3 is 2.86 bits per heavy atom. The van der Waals surface area contributed by atoms with E-state index in [-0.39, 0.29) is 23.3 Å². The van der Waals surface area contributed by atoms with Crippen molar-refractivity contribution >= 4 is 11.7 Å². The molecule has 0 radical (unpaired) electrons. The number of rotatable bonds is 5. The number of fused-ring (bicyclic) bond motifs is 1. The third-order valence-corrected chi connectivity index (χ3v) is 5.19. The predicted molar refractivity (Wildman–Crippen MR) is 99.1 cm³/mol. The van der Waals surface area contributed by atoms with Gasteiger partial charge in [-0.2, -0.15) is 14.6 Å². The van der Waals surface area contributed by atoms with E-state index in [0.29, 0.717) is 31.6 Å². The van der Waals surface area contributed by atoms with Crippen LogP contribution in [0.15, 0.2) is 42.7 Å². The van der Waals surface area contributed by atoms with Crippen molar-refractivity contribution in [1.29, 1.82) is 0 Å². The van der Waals surface area contributed by atoms with Crippen LogP contribution in [0.2, 0.25) is 0 Å². The first-order valence-electron chi connectivity index (χ1n) is 9.42. The molecule has 3 heterocycles. The summed E-state index contributed by atoms with van der Waals surface area (Å²) in [6, 6.07) is 11.3. The average Bonchev–Trinajstić information content (AvgIpc) is 3.20. The van der Waals surface area contributed by atoms with Crippen LogP contribution in [0.25, 0.3) is 5.78 Å². The maximum Gasteiger partial charge on any atom is 0.280 e. The van der Waals surface area contributed by atoms with Crippen LogP contribution in [0.3, 0.4) is 0 Å². The van der Waals surface area contributed by atoms with Crippen molar-refractivity contribution in [3.05, 3.63) is 59.7 Å². The fourth-order valence-corrected chi connectivity index (χ4v) is 3.72. The van der Waals surface area contributed by atoms with E-state index >= 15 is 0 Å². The van der Waals surface area contributed by atoms with Crippen LogP contribution in [-0.4, -0.2) is 43.5 Å². The van der Waals surface area contributed by atoms with E-state index in [1.165, 1.54) is 12.4 Å². The molecule has 1 aromatic carbocycles. The van der Waals surface area contributed by atoms with Crippen molar-refractivity contribution in [2.45, 2.75) is 38.0 Å². The Balaban J connectivity index is 1.47. The normalized spacial score (nSPS) is 17.4. The van der Waals surface area contributed by atoms with Gasteiger partial charge in [-0.3, -0.25) is 4.79 Å². The molecule has 4 rings (SSSR count). The van der Waals surface area contributed by atoms with Gasteiger partial charge < -0.3 is 4.90 Å². The third-order valence-electron chi connectivity index (χ3n) is 5.19. The highest BCUT2D eigenvalue weighted by Crippen LogP contribution is 2.29. The van der Waals surface area contributed by atoms with Gasteiger partial charge >= 0.3 is 0 Å². The zero-order valence-electron chi connectivity index (χ0n) is 15.3. The van der Waals surface area contributed by atoms with Crippen LogP contribution >= 0.6 is 0 Å². The molecule has 0 aliphatic carbocycles. The summed E-state index contributed by atoms with van der Waals surface area (Å²) in [5.74, 6) is 0.181. The van der Waals surface area contributed by atoms with E-state index < -0.39 is 6.43 Å². The molecule has 0 spiro atoms. The lowest BCUT2D eigenvalue weighted by atomic mass is 9.93. The number of carbonyl (C=O) groups excluding carboxylic acids is 1. The smallest absolute Gasteiger partial charge is 0.280 e. The summed E-state index contributed by atoms with van der Waals surface area (Å²) < 4.78 is 27.9. The molecule has 0 unspecified atom stereocenters. The Hall–Kier alpha value is -2.90. The van der Waals surface area contributed by atoms with Gasteiger partial charge in [-0.05, 0) is 30.9 Å². The minimum Gasteiger partial charge on any atom is -0.342 e. The fraction of sp³-hybridized carbons (Fsp3) is 0.400. The standard InChI is InChI=1S/C20H21F2N5O/c21-19(22)17-11-16(25-20-23-13-24-27(17)20)15-7-4-10-26(12-15)18(28)9-8-14-5-2-1-3-6-14/h1-3,5-6,11,13,15,19H,4,7-10,12H2/t15-/m1/s1. The van der Waals surface area contributed by atoms with E-state index in [1.54, 1.807) is 0 Å². The second-order valence-corrected chi connectivity index (χ2v) is 7.04. The summed E-state index contributed by atoms with van der Waals surface area (Å²) in [7, 11) is 0. The number of nitrogens with zero attached hydrogens (tertiary/aromatic N) is 5. The predicted octanol–water partition coefficient (Wildman–Crippen LogP) is 3.40. The SMILES string of the molecule is O=C(CCc1ccccc1)N1CCC[C@@H](c2cc(C(F)F)n3ncnc3n2)C1. The average molecular weight is 385 g/mol. The van der Waals surface area contributed by atoms with E-state index in [0.717, 1.165) is 22.9 Å². The number of hydrogen-bond donors (Lipinski definition) is 0. The topological polar surface area (TPSA) is 63.4 Å². The molecule has 0 saturated carbocycles. The van der Waals surface area contributed by atoms with Gasteiger partial charge in [0.15, 0.2) is 0 Å². The first-order valence-corrected chi connectivity index (χ1v) is 9.42. The van der Waals surface area contributed by atoms with E-state index in [1.807, 2.05) is 35.2 Å². The Labute approximate surface area is 161 Å². The summed E-state index contributed by atoms with van der Waals surface area (Å²) in [6.45, 7) is 1.19. The lowest BCUT2D eigenvalue weighted by Crippen LogP contribution is -2.39. The summed E-state index contributed by atoms with van der Waals surface area (Å²) in [4.78, 5) is 22.9. The van der Waals surface area contributed by atoms with E-state index in [2.05, 4.69) is 15.1 Å². The number of benzene rings is 1. The van der Waals surface area contributed by atoms with Gasteiger partial charge in [0.05, 0.1) is 5.69 Å². The highest BCUT2D eigenvalue weighted by atomic mass is 19.3. The number of aromatic nitrogens is 4. The maximum absolute atomic E-state index is 13.4. The highest BCUT2D eigenvalue weighted by molar-refractivity contribution is 5.76. The minimum atomic E-state index is -2.67. The number of halogens is 2. The van der Waals surface area contributed by atoms with Crippen LogP contribution in [0.5, 0.6) is 0 Å². The lowest BCUT2D eigenvalue weighted by Gasteiger charge is -2.32. The van der Waals surface area contributed by atoms with Gasteiger partial charge in [0, 0.05) is 25.4 Å². The number of likely N-dealkylation sites (tertiary alicyclic amines) is 1. The number of alkyl halides is 2. The molecule has 8 heteroatoms. The van der Waals surface area contributed by atoms with Crippen molar-refractivity contribution in [3.8, 4) is 0 Å². The van der Waals surface area contributed by atoms with Crippen LogP contribution in [-0.2, 0) is 11.2 Å². The van der Waals surface area contributed by atoms with Gasteiger partial charge in [-0.25, -0.2) is 13.8 Å². The number of amides is 1.